The molecule has 2 aromatic rings. The van der Waals surface area contributed by atoms with Gasteiger partial charge in [0.2, 0.25) is 5.91 Å². The molecule has 0 aliphatic carbocycles. The third-order valence-electron chi connectivity index (χ3n) is 4.91. The number of hydrogen-bond acceptors (Lipinski definition) is 6. The molecule has 5 nitrogen and oxygen atoms in total. The van der Waals surface area contributed by atoms with Gasteiger partial charge in [-0.05, 0) is 39.1 Å². The molecule has 1 aliphatic heterocycles. The van der Waals surface area contributed by atoms with Crippen LogP contribution >= 0.6 is 22.7 Å². The molecule has 7 heteroatoms. The highest BCUT2D eigenvalue weighted by atomic mass is 32.1. The summed E-state index contributed by atoms with van der Waals surface area (Å²) in [7, 11) is 0. The highest BCUT2D eigenvalue weighted by molar-refractivity contribution is 7.14. The first-order valence-electron chi connectivity index (χ1n) is 9.68. The van der Waals surface area contributed by atoms with E-state index in [9.17, 15) is 4.79 Å². The number of nitrogens with zero attached hydrogens (tertiary/aromatic N) is 4. The molecule has 0 atom stereocenters. The number of thiazole rings is 1. The van der Waals surface area contributed by atoms with Crippen molar-refractivity contribution in [3.05, 3.63) is 27.9 Å². The highest BCUT2D eigenvalue weighted by Crippen LogP contribution is 2.26. The molecule has 27 heavy (non-hydrogen) atoms. The third kappa shape index (κ3) is 5.38. The maximum absolute atomic E-state index is 12.6. The van der Waals surface area contributed by atoms with Crippen molar-refractivity contribution in [2.24, 2.45) is 0 Å². The molecule has 148 valence electrons. The van der Waals surface area contributed by atoms with Crippen LogP contribution in [0.25, 0.3) is 10.6 Å². The Morgan fingerprint density at radius 1 is 1.11 bits per heavy atom. The van der Waals surface area contributed by atoms with Crippen LogP contribution in [-0.2, 0) is 11.3 Å². The van der Waals surface area contributed by atoms with Gasteiger partial charge in [-0.3, -0.25) is 14.6 Å². The maximum atomic E-state index is 12.6. The molecular formula is C20H30N4OS2. The first kappa shape index (κ1) is 20.5. The van der Waals surface area contributed by atoms with Gasteiger partial charge in [-0.1, -0.05) is 6.07 Å². The predicted molar refractivity (Wildman–Crippen MR) is 114 cm³/mol. The monoisotopic (exact) mass is 406 g/mol. The van der Waals surface area contributed by atoms with Gasteiger partial charge in [0.1, 0.15) is 5.01 Å². The van der Waals surface area contributed by atoms with Crippen LogP contribution in [0.1, 0.15) is 32.7 Å². The van der Waals surface area contributed by atoms with Crippen molar-refractivity contribution >= 4 is 28.6 Å². The summed E-state index contributed by atoms with van der Waals surface area (Å²) in [6, 6.07) is 4.69. The largest absolute Gasteiger partial charge is 0.337 e. The Hall–Kier alpha value is -1.28. The standard InChI is InChI=1S/C20H30N4OS2/c1-15(2)24(16(3)4)20(25)13-23-9-7-22(8-10-23)12-19-21-17(14-27-19)18-6-5-11-26-18/h5-6,11,14-16H,7-10,12-13H2,1-4H3. The van der Waals surface area contributed by atoms with E-state index in [1.165, 1.54) is 9.88 Å². The molecule has 2 aromatic heterocycles. The van der Waals surface area contributed by atoms with Gasteiger partial charge in [0, 0.05) is 43.6 Å². The van der Waals surface area contributed by atoms with Gasteiger partial charge in [0.05, 0.1) is 23.7 Å². The summed E-state index contributed by atoms with van der Waals surface area (Å²) < 4.78 is 0. The molecule has 0 bridgehead atoms. The van der Waals surface area contributed by atoms with Crippen molar-refractivity contribution in [1.29, 1.82) is 0 Å². The minimum Gasteiger partial charge on any atom is -0.337 e. The van der Waals surface area contributed by atoms with E-state index in [0.29, 0.717) is 6.54 Å². The molecule has 0 aromatic carbocycles. The Labute approximate surface area is 170 Å². The lowest BCUT2D eigenvalue weighted by Crippen LogP contribution is -2.52. The number of thiophene rings is 1. The molecule has 0 radical (unpaired) electrons. The van der Waals surface area contributed by atoms with E-state index < -0.39 is 0 Å². The summed E-state index contributed by atoms with van der Waals surface area (Å²) in [5.41, 5.74) is 1.09. The lowest BCUT2D eigenvalue weighted by atomic mass is 10.2. The van der Waals surface area contributed by atoms with Crippen LogP contribution in [0.5, 0.6) is 0 Å². The fourth-order valence-corrected chi connectivity index (χ4v) is 5.26. The SMILES string of the molecule is CC(C)N(C(=O)CN1CCN(Cc2nc(-c3cccs3)cs2)CC1)C(C)C. The molecule has 0 spiro atoms. The van der Waals surface area contributed by atoms with Crippen LogP contribution in [0, 0.1) is 0 Å². The van der Waals surface area contributed by atoms with Crippen LogP contribution in [0.15, 0.2) is 22.9 Å². The first-order chi connectivity index (χ1) is 12.9. The van der Waals surface area contributed by atoms with Crippen LogP contribution in [0.2, 0.25) is 0 Å². The molecule has 3 rings (SSSR count). The van der Waals surface area contributed by atoms with Gasteiger partial charge in [0.25, 0.3) is 0 Å². The Morgan fingerprint density at radius 2 is 1.78 bits per heavy atom. The molecular weight excluding hydrogens is 376 g/mol. The number of amides is 1. The molecule has 0 N–H and O–H groups in total. The van der Waals surface area contributed by atoms with E-state index in [4.69, 9.17) is 4.98 Å². The number of rotatable bonds is 7. The van der Waals surface area contributed by atoms with Gasteiger partial charge in [-0.15, -0.1) is 22.7 Å². The van der Waals surface area contributed by atoms with Crippen LogP contribution in [0.4, 0.5) is 0 Å². The maximum Gasteiger partial charge on any atom is 0.237 e. The van der Waals surface area contributed by atoms with Crippen LogP contribution in [-0.4, -0.2) is 70.4 Å². The second-order valence-electron chi connectivity index (χ2n) is 7.64. The van der Waals surface area contributed by atoms with Crippen molar-refractivity contribution in [1.82, 2.24) is 19.7 Å². The van der Waals surface area contributed by atoms with Gasteiger partial charge in [-0.2, -0.15) is 0 Å². The Morgan fingerprint density at radius 3 is 2.37 bits per heavy atom. The second kappa shape index (κ2) is 9.28. The van der Waals surface area contributed by atoms with Crippen molar-refractivity contribution < 1.29 is 4.79 Å². The molecule has 1 aliphatic rings. The molecule has 3 heterocycles. The minimum absolute atomic E-state index is 0.244. The molecule has 1 fully saturated rings. The number of piperazine rings is 1. The smallest absolute Gasteiger partial charge is 0.237 e. The van der Waals surface area contributed by atoms with Crippen molar-refractivity contribution in [2.75, 3.05) is 32.7 Å². The summed E-state index contributed by atoms with van der Waals surface area (Å²) >= 11 is 3.48. The fourth-order valence-electron chi connectivity index (χ4n) is 3.66. The topological polar surface area (TPSA) is 39.7 Å². The second-order valence-corrected chi connectivity index (χ2v) is 9.53. The van der Waals surface area contributed by atoms with E-state index in [0.717, 1.165) is 38.4 Å². The van der Waals surface area contributed by atoms with Gasteiger partial charge in [0.15, 0.2) is 0 Å². The Bertz CT molecular complexity index is 710. The van der Waals surface area contributed by atoms with Crippen molar-refractivity contribution in [2.45, 2.75) is 46.3 Å². The summed E-state index contributed by atoms with van der Waals surface area (Å²) in [6.07, 6.45) is 0. The van der Waals surface area contributed by atoms with E-state index in [1.807, 2.05) is 4.90 Å². The normalized spacial score (nSPS) is 16.4. The van der Waals surface area contributed by atoms with Crippen molar-refractivity contribution in [3.63, 3.8) is 0 Å². The van der Waals surface area contributed by atoms with E-state index in [-0.39, 0.29) is 18.0 Å². The van der Waals surface area contributed by atoms with Crippen molar-refractivity contribution in [3.8, 4) is 10.6 Å². The highest BCUT2D eigenvalue weighted by Gasteiger charge is 2.25. The lowest BCUT2D eigenvalue weighted by Gasteiger charge is -2.37. The molecule has 1 saturated heterocycles. The minimum atomic E-state index is 0.244. The number of carbonyl (C=O) groups excluding carboxylic acids is 1. The molecule has 0 saturated carbocycles. The average Bonchev–Trinajstić information content (AvgIpc) is 3.27. The average molecular weight is 407 g/mol. The first-order valence-corrected chi connectivity index (χ1v) is 11.4. The quantitative estimate of drug-likeness (QED) is 0.704. The third-order valence-corrected chi connectivity index (χ3v) is 6.63. The number of aromatic nitrogens is 1. The number of carbonyl (C=O) groups is 1. The Balaban J connectivity index is 1.47. The van der Waals surface area contributed by atoms with Gasteiger partial charge < -0.3 is 4.90 Å². The van der Waals surface area contributed by atoms with E-state index in [2.05, 4.69) is 60.4 Å². The Kier molecular flexibility index (Phi) is 7.03. The van der Waals surface area contributed by atoms with E-state index in [1.54, 1.807) is 22.7 Å². The van der Waals surface area contributed by atoms with Gasteiger partial charge >= 0.3 is 0 Å². The molecule has 0 unspecified atom stereocenters. The summed E-state index contributed by atoms with van der Waals surface area (Å²) in [5, 5.41) is 5.42. The molecule has 1 amide bonds. The van der Waals surface area contributed by atoms with Crippen LogP contribution in [0.3, 0.4) is 0 Å². The summed E-state index contributed by atoms with van der Waals surface area (Å²) in [5.74, 6) is 0.244. The number of hydrogen-bond donors (Lipinski definition) is 0. The zero-order valence-corrected chi connectivity index (χ0v) is 18.4. The summed E-state index contributed by atoms with van der Waals surface area (Å²) in [4.78, 5) is 25.4. The summed E-state index contributed by atoms with van der Waals surface area (Å²) in [6.45, 7) is 13.7. The zero-order chi connectivity index (χ0) is 19.4. The fraction of sp³-hybridized carbons (Fsp3) is 0.600. The predicted octanol–water partition coefficient (Wildman–Crippen LogP) is 3.63. The van der Waals surface area contributed by atoms with Gasteiger partial charge in [-0.25, -0.2) is 4.98 Å². The van der Waals surface area contributed by atoms with Crippen LogP contribution < -0.4 is 0 Å². The van der Waals surface area contributed by atoms with E-state index >= 15 is 0 Å². The lowest BCUT2D eigenvalue weighted by molar-refractivity contribution is -0.136. The zero-order valence-electron chi connectivity index (χ0n) is 16.7.